The van der Waals surface area contributed by atoms with Crippen molar-refractivity contribution in [3.8, 4) is 0 Å². The monoisotopic (exact) mass is 183 g/mol. The highest BCUT2D eigenvalue weighted by molar-refractivity contribution is 4.91. The Morgan fingerprint density at radius 1 is 1.62 bits per heavy atom. The van der Waals surface area contributed by atoms with E-state index in [2.05, 4.69) is 17.0 Å². The van der Waals surface area contributed by atoms with Crippen molar-refractivity contribution < 1.29 is 5.11 Å². The third-order valence-electron chi connectivity index (χ3n) is 2.13. The molecule has 1 heterocycles. The van der Waals surface area contributed by atoms with Crippen LogP contribution in [0.4, 0.5) is 0 Å². The summed E-state index contributed by atoms with van der Waals surface area (Å²) in [6, 6.07) is 0. The van der Waals surface area contributed by atoms with Crippen LogP contribution in [0.15, 0.2) is 6.33 Å². The van der Waals surface area contributed by atoms with Crippen LogP contribution < -0.4 is 0 Å². The van der Waals surface area contributed by atoms with Gasteiger partial charge < -0.3 is 5.11 Å². The fraction of sp³-hybridized carbons (Fsp3) is 0.778. The first kappa shape index (κ1) is 10.2. The molecule has 4 nitrogen and oxygen atoms in total. The van der Waals surface area contributed by atoms with Crippen molar-refractivity contribution in [2.75, 3.05) is 0 Å². The molecule has 0 amide bonds. The van der Waals surface area contributed by atoms with Gasteiger partial charge in [-0.15, -0.1) is 0 Å². The van der Waals surface area contributed by atoms with Crippen LogP contribution in [-0.4, -0.2) is 25.5 Å². The van der Waals surface area contributed by atoms with Crippen LogP contribution in [0.3, 0.4) is 0 Å². The van der Waals surface area contributed by atoms with E-state index < -0.39 is 5.60 Å². The Hall–Kier alpha value is -0.900. The SMILES string of the molecule is CCCC(C)(O)Cc1ncnn1C. The van der Waals surface area contributed by atoms with Gasteiger partial charge in [-0.1, -0.05) is 13.3 Å². The largest absolute Gasteiger partial charge is 0.390 e. The zero-order valence-electron chi connectivity index (χ0n) is 8.49. The maximum absolute atomic E-state index is 9.93. The van der Waals surface area contributed by atoms with E-state index in [1.807, 2.05) is 14.0 Å². The van der Waals surface area contributed by atoms with Crippen LogP contribution in [-0.2, 0) is 13.5 Å². The average Bonchev–Trinajstić information content (AvgIpc) is 2.35. The van der Waals surface area contributed by atoms with Crippen molar-refractivity contribution in [3.05, 3.63) is 12.2 Å². The molecular weight excluding hydrogens is 166 g/mol. The molecule has 0 aliphatic carbocycles. The Morgan fingerprint density at radius 2 is 2.31 bits per heavy atom. The molecule has 0 spiro atoms. The topological polar surface area (TPSA) is 50.9 Å². The minimum atomic E-state index is -0.657. The lowest BCUT2D eigenvalue weighted by atomic mass is 9.96. The summed E-state index contributed by atoms with van der Waals surface area (Å²) in [5.74, 6) is 0.832. The van der Waals surface area contributed by atoms with Gasteiger partial charge >= 0.3 is 0 Å². The van der Waals surface area contributed by atoms with Crippen molar-refractivity contribution in [1.82, 2.24) is 14.8 Å². The van der Waals surface area contributed by atoms with E-state index in [9.17, 15) is 5.11 Å². The van der Waals surface area contributed by atoms with Gasteiger partial charge in [-0.2, -0.15) is 5.10 Å². The summed E-state index contributed by atoms with van der Waals surface area (Å²) in [6.45, 7) is 3.90. The van der Waals surface area contributed by atoms with Crippen LogP contribution in [0.25, 0.3) is 0 Å². The third kappa shape index (κ3) is 2.81. The normalized spacial score (nSPS) is 15.7. The molecule has 1 aromatic rings. The van der Waals surface area contributed by atoms with Crippen LogP contribution in [0, 0.1) is 0 Å². The fourth-order valence-corrected chi connectivity index (χ4v) is 1.45. The number of aromatic nitrogens is 3. The number of aliphatic hydroxyl groups is 1. The van der Waals surface area contributed by atoms with Crippen molar-refractivity contribution >= 4 is 0 Å². The summed E-state index contributed by atoms with van der Waals surface area (Å²) in [4.78, 5) is 4.08. The highest BCUT2D eigenvalue weighted by atomic mass is 16.3. The molecule has 0 fully saturated rings. The third-order valence-corrected chi connectivity index (χ3v) is 2.13. The Kier molecular flexibility index (Phi) is 3.03. The second kappa shape index (κ2) is 3.87. The van der Waals surface area contributed by atoms with E-state index >= 15 is 0 Å². The summed E-state index contributed by atoms with van der Waals surface area (Å²) in [6.07, 6.45) is 3.85. The molecule has 1 unspecified atom stereocenters. The maximum atomic E-state index is 9.93. The molecule has 1 rings (SSSR count). The molecule has 0 aliphatic rings. The van der Waals surface area contributed by atoms with E-state index in [1.165, 1.54) is 6.33 Å². The molecule has 1 N–H and O–H groups in total. The number of hydrogen-bond acceptors (Lipinski definition) is 3. The van der Waals surface area contributed by atoms with Crippen LogP contribution in [0.1, 0.15) is 32.5 Å². The number of nitrogens with zero attached hydrogens (tertiary/aromatic N) is 3. The first-order chi connectivity index (χ1) is 6.05. The van der Waals surface area contributed by atoms with Crippen LogP contribution >= 0.6 is 0 Å². The summed E-state index contributed by atoms with van der Waals surface area (Å²) in [5.41, 5.74) is -0.657. The van der Waals surface area contributed by atoms with Gasteiger partial charge in [-0.25, -0.2) is 4.98 Å². The van der Waals surface area contributed by atoms with E-state index in [0.717, 1.165) is 18.7 Å². The lowest BCUT2D eigenvalue weighted by Crippen LogP contribution is -2.28. The zero-order chi connectivity index (χ0) is 9.90. The Morgan fingerprint density at radius 3 is 2.77 bits per heavy atom. The highest BCUT2D eigenvalue weighted by Crippen LogP contribution is 2.16. The van der Waals surface area contributed by atoms with Crippen molar-refractivity contribution in [2.24, 2.45) is 7.05 Å². The predicted molar refractivity (Wildman–Crippen MR) is 50.2 cm³/mol. The van der Waals surface area contributed by atoms with E-state index in [0.29, 0.717) is 6.42 Å². The molecule has 13 heavy (non-hydrogen) atoms. The molecule has 1 atom stereocenters. The highest BCUT2D eigenvalue weighted by Gasteiger charge is 2.21. The van der Waals surface area contributed by atoms with Crippen molar-refractivity contribution in [2.45, 2.75) is 38.7 Å². The first-order valence-electron chi connectivity index (χ1n) is 4.60. The van der Waals surface area contributed by atoms with Gasteiger partial charge in [0.15, 0.2) is 0 Å². The molecule has 0 aromatic carbocycles. The minimum Gasteiger partial charge on any atom is -0.390 e. The molecule has 0 saturated heterocycles. The standard InChI is InChI=1S/C9H17N3O/c1-4-5-9(2,13)6-8-10-7-11-12(8)3/h7,13H,4-6H2,1-3H3. The van der Waals surface area contributed by atoms with E-state index in [-0.39, 0.29) is 0 Å². The molecule has 0 aliphatic heterocycles. The van der Waals surface area contributed by atoms with Crippen LogP contribution in [0.2, 0.25) is 0 Å². The maximum Gasteiger partial charge on any atom is 0.138 e. The number of aryl methyl sites for hydroxylation is 1. The molecule has 0 saturated carbocycles. The second-order valence-corrected chi connectivity index (χ2v) is 3.72. The minimum absolute atomic E-state index is 0.567. The summed E-state index contributed by atoms with van der Waals surface area (Å²) in [7, 11) is 1.84. The van der Waals surface area contributed by atoms with Crippen molar-refractivity contribution in [1.29, 1.82) is 0 Å². The molecule has 74 valence electrons. The fourth-order valence-electron chi connectivity index (χ4n) is 1.45. The smallest absolute Gasteiger partial charge is 0.138 e. The first-order valence-corrected chi connectivity index (χ1v) is 4.60. The van der Waals surface area contributed by atoms with Gasteiger partial charge in [-0.05, 0) is 13.3 Å². The van der Waals surface area contributed by atoms with Crippen molar-refractivity contribution in [3.63, 3.8) is 0 Å². The molecule has 0 bridgehead atoms. The molecule has 1 aromatic heterocycles. The number of rotatable bonds is 4. The lowest BCUT2D eigenvalue weighted by molar-refractivity contribution is 0.0477. The summed E-state index contributed by atoms with van der Waals surface area (Å²) < 4.78 is 1.70. The van der Waals surface area contributed by atoms with E-state index in [1.54, 1.807) is 4.68 Å². The predicted octanol–water partition coefficient (Wildman–Crippen LogP) is 0.909. The quantitative estimate of drug-likeness (QED) is 0.754. The number of hydrogen-bond donors (Lipinski definition) is 1. The van der Waals surface area contributed by atoms with E-state index in [4.69, 9.17) is 0 Å². The van der Waals surface area contributed by atoms with Gasteiger partial charge in [0.25, 0.3) is 0 Å². The van der Waals surface area contributed by atoms with Gasteiger partial charge in [0.05, 0.1) is 5.60 Å². The Balaban J connectivity index is 2.63. The zero-order valence-corrected chi connectivity index (χ0v) is 8.49. The van der Waals surface area contributed by atoms with Gasteiger partial charge in [0.2, 0.25) is 0 Å². The summed E-state index contributed by atoms with van der Waals surface area (Å²) in [5, 5.41) is 13.9. The molecule has 0 radical (unpaired) electrons. The Labute approximate surface area is 78.6 Å². The van der Waals surface area contributed by atoms with Gasteiger partial charge in [0, 0.05) is 13.5 Å². The second-order valence-electron chi connectivity index (χ2n) is 3.72. The molecule has 4 heteroatoms. The van der Waals surface area contributed by atoms with Gasteiger partial charge in [-0.3, -0.25) is 4.68 Å². The lowest BCUT2D eigenvalue weighted by Gasteiger charge is -2.21. The molecular formula is C9H17N3O. The van der Waals surface area contributed by atoms with Gasteiger partial charge in [0.1, 0.15) is 12.2 Å². The average molecular weight is 183 g/mol. The Bertz CT molecular complexity index is 268. The summed E-state index contributed by atoms with van der Waals surface area (Å²) >= 11 is 0. The van der Waals surface area contributed by atoms with Crippen LogP contribution in [0.5, 0.6) is 0 Å².